The Labute approximate surface area is 144 Å². The van der Waals surface area contributed by atoms with Crippen molar-refractivity contribution in [2.24, 2.45) is 5.41 Å². The minimum atomic E-state index is -0.490. The first-order valence-electron chi connectivity index (χ1n) is 8.70. The van der Waals surface area contributed by atoms with E-state index in [1.165, 1.54) is 18.5 Å². The van der Waals surface area contributed by atoms with Crippen LogP contribution in [0.25, 0.3) is 0 Å². The van der Waals surface area contributed by atoms with Crippen LogP contribution in [0.1, 0.15) is 52.1 Å². The summed E-state index contributed by atoms with van der Waals surface area (Å²) in [5.41, 5.74) is 1.80. The molecule has 1 aliphatic rings. The van der Waals surface area contributed by atoms with Gasteiger partial charge in [-0.2, -0.15) is 0 Å². The topological polar surface area (TPSA) is 61.4 Å². The molecule has 1 aliphatic heterocycles. The lowest BCUT2D eigenvalue weighted by Crippen LogP contribution is -2.42. The molecule has 5 nitrogen and oxygen atoms in total. The summed E-state index contributed by atoms with van der Waals surface area (Å²) in [6, 6.07) is 8.23. The van der Waals surface area contributed by atoms with Crippen LogP contribution in [-0.4, -0.2) is 31.4 Å². The number of hydrogen-bond donors (Lipinski definition) is 2. The molecule has 1 unspecified atom stereocenters. The highest BCUT2D eigenvalue weighted by Gasteiger charge is 2.22. The third-order valence-electron chi connectivity index (χ3n) is 4.31. The molecule has 1 heterocycles. The summed E-state index contributed by atoms with van der Waals surface area (Å²) in [5, 5.41) is 5.62. The fourth-order valence-corrected chi connectivity index (χ4v) is 2.77. The molecule has 132 valence electrons. The van der Waals surface area contributed by atoms with Crippen molar-refractivity contribution in [2.75, 3.05) is 24.5 Å². The molecule has 1 atom stereocenters. The first kappa shape index (κ1) is 18.3. The highest BCUT2D eigenvalue weighted by molar-refractivity contribution is 5.87. The van der Waals surface area contributed by atoms with E-state index < -0.39 is 5.41 Å². The van der Waals surface area contributed by atoms with Gasteiger partial charge >= 0.3 is 0 Å². The molecular weight excluding hydrogens is 302 g/mol. The van der Waals surface area contributed by atoms with Crippen LogP contribution < -0.4 is 15.5 Å². The summed E-state index contributed by atoms with van der Waals surface area (Å²) < 4.78 is 0. The molecule has 5 heteroatoms. The van der Waals surface area contributed by atoms with E-state index in [0.717, 1.165) is 18.7 Å². The summed E-state index contributed by atoms with van der Waals surface area (Å²) in [6.07, 6.45) is 2.48. The largest absolute Gasteiger partial charge is 0.372 e. The van der Waals surface area contributed by atoms with Crippen LogP contribution in [0.3, 0.4) is 0 Å². The third kappa shape index (κ3) is 4.98. The second kappa shape index (κ2) is 7.69. The summed E-state index contributed by atoms with van der Waals surface area (Å²) in [5.74, 6) is -0.298. The second-order valence-corrected chi connectivity index (χ2v) is 7.51. The van der Waals surface area contributed by atoms with Crippen LogP contribution >= 0.6 is 0 Å². The lowest BCUT2D eigenvalue weighted by molar-refractivity contribution is -0.131. The van der Waals surface area contributed by atoms with Crippen molar-refractivity contribution in [2.45, 2.75) is 46.6 Å². The number of benzene rings is 1. The fraction of sp³-hybridized carbons (Fsp3) is 0.579. The molecule has 0 bridgehead atoms. The van der Waals surface area contributed by atoms with Gasteiger partial charge in [-0.1, -0.05) is 32.9 Å². The van der Waals surface area contributed by atoms with Crippen LogP contribution in [-0.2, 0) is 9.59 Å². The Kier molecular flexibility index (Phi) is 5.86. The van der Waals surface area contributed by atoms with Crippen LogP contribution in [0.5, 0.6) is 0 Å². The summed E-state index contributed by atoms with van der Waals surface area (Å²) in [7, 11) is 0. The Balaban J connectivity index is 1.89. The zero-order valence-corrected chi connectivity index (χ0v) is 15.2. The molecule has 2 amide bonds. The number of rotatable bonds is 5. The van der Waals surface area contributed by atoms with E-state index in [1.807, 2.05) is 39.8 Å². The van der Waals surface area contributed by atoms with Crippen LogP contribution in [0.15, 0.2) is 24.3 Å². The first-order valence-corrected chi connectivity index (χ1v) is 8.70. The fourth-order valence-electron chi connectivity index (χ4n) is 2.77. The lowest BCUT2D eigenvalue weighted by Gasteiger charge is -2.21. The van der Waals surface area contributed by atoms with E-state index in [-0.39, 0.29) is 24.4 Å². The molecule has 0 spiro atoms. The molecule has 24 heavy (non-hydrogen) atoms. The molecular formula is C19H29N3O2. The zero-order valence-electron chi connectivity index (χ0n) is 15.2. The maximum atomic E-state index is 12.1. The molecule has 1 aromatic rings. The Morgan fingerprint density at radius 2 is 1.88 bits per heavy atom. The van der Waals surface area contributed by atoms with E-state index in [2.05, 4.69) is 27.7 Å². The third-order valence-corrected chi connectivity index (χ3v) is 4.31. The van der Waals surface area contributed by atoms with Gasteiger partial charge in [0.05, 0.1) is 12.6 Å². The predicted octanol–water partition coefficient (Wildman–Crippen LogP) is 2.63. The van der Waals surface area contributed by atoms with Crippen molar-refractivity contribution in [3.63, 3.8) is 0 Å². The van der Waals surface area contributed by atoms with Crippen molar-refractivity contribution in [1.29, 1.82) is 0 Å². The second-order valence-electron chi connectivity index (χ2n) is 7.51. The van der Waals surface area contributed by atoms with Gasteiger partial charge in [-0.3, -0.25) is 9.59 Å². The molecule has 2 rings (SSSR count). The number of amides is 2. The van der Waals surface area contributed by atoms with E-state index >= 15 is 0 Å². The maximum absolute atomic E-state index is 12.1. The van der Waals surface area contributed by atoms with Gasteiger partial charge in [0.25, 0.3) is 0 Å². The standard InChI is InChI=1S/C19H29N3O2/c1-14(21-17(23)13-20-18(24)19(2,3)4)15-8-7-9-16(12-15)22-10-5-6-11-22/h7-9,12,14H,5-6,10-11,13H2,1-4H3,(H,20,24)(H,21,23). The average Bonchev–Trinajstić information content (AvgIpc) is 3.06. The number of carbonyl (C=O) groups is 2. The van der Waals surface area contributed by atoms with Gasteiger partial charge < -0.3 is 15.5 Å². The number of carbonyl (C=O) groups excluding carboxylic acids is 2. The molecule has 1 aromatic carbocycles. The summed E-state index contributed by atoms with van der Waals surface area (Å²) >= 11 is 0. The van der Waals surface area contributed by atoms with Crippen LogP contribution in [0.2, 0.25) is 0 Å². The van der Waals surface area contributed by atoms with Gasteiger partial charge in [0, 0.05) is 24.2 Å². The Bertz CT molecular complexity index is 587. The highest BCUT2D eigenvalue weighted by Crippen LogP contribution is 2.23. The minimum Gasteiger partial charge on any atom is -0.372 e. The van der Waals surface area contributed by atoms with E-state index in [4.69, 9.17) is 0 Å². The first-order chi connectivity index (χ1) is 11.3. The SMILES string of the molecule is CC(NC(=O)CNC(=O)C(C)(C)C)c1cccc(N2CCCC2)c1. The normalized spacial score (nSPS) is 15.9. The molecule has 1 saturated heterocycles. The summed E-state index contributed by atoms with van der Waals surface area (Å²) in [6.45, 7) is 9.65. The number of hydrogen-bond acceptors (Lipinski definition) is 3. The Morgan fingerprint density at radius 1 is 1.21 bits per heavy atom. The van der Waals surface area contributed by atoms with Crippen LogP contribution in [0, 0.1) is 5.41 Å². The summed E-state index contributed by atoms with van der Waals surface area (Å²) in [4.78, 5) is 26.3. The molecule has 0 aliphatic carbocycles. The van der Waals surface area contributed by atoms with Crippen molar-refractivity contribution >= 4 is 17.5 Å². The van der Waals surface area contributed by atoms with Crippen molar-refractivity contribution in [3.8, 4) is 0 Å². The predicted molar refractivity (Wildman–Crippen MR) is 96.9 cm³/mol. The monoisotopic (exact) mass is 331 g/mol. The highest BCUT2D eigenvalue weighted by atomic mass is 16.2. The van der Waals surface area contributed by atoms with Crippen molar-refractivity contribution in [3.05, 3.63) is 29.8 Å². The lowest BCUT2D eigenvalue weighted by atomic mass is 9.96. The van der Waals surface area contributed by atoms with Crippen molar-refractivity contribution in [1.82, 2.24) is 10.6 Å². The zero-order chi connectivity index (χ0) is 17.7. The quantitative estimate of drug-likeness (QED) is 0.872. The molecule has 0 aromatic heterocycles. The smallest absolute Gasteiger partial charge is 0.239 e. The number of anilines is 1. The molecule has 0 saturated carbocycles. The van der Waals surface area contributed by atoms with Gasteiger partial charge in [-0.05, 0) is 37.5 Å². The van der Waals surface area contributed by atoms with E-state index in [0.29, 0.717) is 0 Å². The molecule has 2 N–H and O–H groups in total. The average molecular weight is 331 g/mol. The molecule has 0 radical (unpaired) electrons. The Morgan fingerprint density at radius 3 is 2.50 bits per heavy atom. The maximum Gasteiger partial charge on any atom is 0.239 e. The Hall–Kier alpha value is -2.04. The van der Waals surface area contributed by atoms with E-state index in [1.54, 1.807) is 0 Å². The van der Waals surface area contributed by atoms with Gasteiger partial charge in [0.1, 0.15) is 0 Å². The van der Waals surface area contributed by atoms with Crippen LogP contribution in [0.4, 0.5) is 5.69 Å². The number of nitrogens with one attached hydrogen (secondary N) is 2. The van der Waals surface area contributed by atoms with Gasteiger partial charge in [-0.25, -0.2) is 0 Å². The van der Waals surface area contributed by atoms with Crippen molar-refractivity contribution < 1.29 is 9.59 Å². The number of nitrogens with zero attached hydrogens (tertiary/aromatic N) is 1. The molecule has 1 fully saturated rings. The van der Waals surface area contributed by atoms with Gasteiger partial charge in [0.15, 0.2) is 0 Å². The van der Waals surface area contributed by atoms with Gasteiger partial charge in [0.2, 0.25) is 11.8 Å². The van der Waals surface area contributed by atoms with Gasteiger partial charge in [-0.15, -0.1) is 0 Å². The minimum absolute atomic E-state index is 0.00621. The van der Waals surface area contributed by atoms with E-state index in [9.17, 15) is 9.59 Å².